The minimum atomic E-state index is -0.588. The summed E-state index contributed by atoms with van der Waals surface area (Å²) in [7, 11) is 0. The van der Waals surface area contributed by atoms with Crippen molar-refractivity contribution in [2.75, 3.05) is 26.2 Å². The van der Waals surface area contributed by atoms with Crippen molar-refractivity contribution in [3.05, 3.63) is 50.9 Å². The zero-order valence-electron chi connectivity index (χ0n) is 11.8. The van der Waals surface area contributed by atoms with Crippen LogP contribution in [0.1, 0.15) is 16.5 Å². The summed E-state index contributed by atoms with van der Waals surface area (Å²) >= 11 is 7.52. The molecule has 22 heavy (non-hydrogen) atoms. The Morgan fingerprint density at radius 1 is 1.23 bits per heavy atom. The lowest BCUT2D eigenvalue weighted by Crippen LogP contribution is -2.45. The quantitative estimate of drug-likeness (QED) is 0.874. The van der Waals surface area contributed by atoms with Gasteiger partial charge in [-0.1, -0.05) is 23.7 Å². The lowest BCUT2D eigenvalue weighted by molar-refractivity contribution is 0.197. The van der Waals surface area contributed by atoms with E-state index >= 15 is 0 Å². The molecule has 2 N–H and O–H groups in total. The van der Waals surface area contributed by atoms with Gasteiger partial charge >= 0.3 is 0 Å². The van der Waals surface area contributed by atoms with Crippen molar-refractivity contribution in [1.29, 1.82) is 0 Å². The first kappa shape index (κ1) is 17.5. The number of thiophene rings is 1. The Hall–Kier alpha value is -0.850. The third kappa shape index (κ3) is 3.55. The second-order valence-electron chi connectivity index (χ2n) is 5.01. The van der Waals surface area contributed by atoms with Gasteiger partial charge in [0.2, 0.25) is 0 Å². The van der Waals surface area contributed by atoms with E-state index < -0.39 is 5.82 Å². The fourth-order valence-corrected chi connectivity index (χ4v) is 3.91. The summed E-state index contributed by atoms with van der Waals surface area (Å²) in [4.78, 5) is 3.26. The summed E-state index contributed by atoms with van der Waals surface area (Å²) in [5.41, 5.74) is 0.593. The molecular formula is C15H17Cl2FN2OS. The van der Waals surface area contributed by atoms with E-state index in [9.17, 15) is 9.50 Å². The fourth-order valence-electron chi connectivity index (χ4n) is 2.70. The first-order chi connectivity index (χ1) is 10.2. The van der Waals surface area contributed by atoms with Crippen molar-refractivity contribution in [1.82, 2.24) is 10.2 Å². The number of nitrogens with zero attached hydrogens (tertiary/aromatic N) is 1. The van der Waals surface area contributed by atoms with E-state index in [1.807, 2.05) is 12.1 Å². The number of hydrogen-bond acceptors (Lipinski definition) is 4. The van der Waals surface area contributed by atoms with Crippen molar-refractivity contribution in [3.8, 4) is 5.75 Å². The SMILES string of the molecule is Cl.Oc1c(F)cccc1[C@H](c1ccc(Cl)s1)N1CCNCC1. The molecule has 7 heteroatoms. The van der Waals surface area contributed by atoms with Crippen LogP contribution in [0.4, 0.5) is 4.39 Å². The third-order valence-corrected chi connectivity index (χ3v) is 4.98. The number of hydrogen-bond donors (Lipinski definition) is 2. The van der Waals surface area contributed by atoms with Crippen molar-refractivity contribution in [2.24, 2.45) is 0 Å². The Labute approximate surface area is 144 Å². The van der Waals surface area contributed by atoms with Crippen LogP contribution in [0.2, 0.25) is 4.34 Å². The Kier molecular flexibility index (Phi) is 6.06. The van der Waals surface area contributed by atoms with Crippen LogP contribution < -0.4 is 5.32 Å². The molecule has 0 aliphatic carbocycles. The molecular weight excluding hydrogens is 346 g/mol. The van der Waals surface area contributed by atoms with Gasteiger partial charge in [0.1, 0.15) is 0 Å². The highest BCUT2D eigenvalue weighted by atomic mass is 35.5. The van der Waals surface area contributed by atoms with E-state index in [-0.39, 0.29) is 24.2 Å². The van der Waals surface area contributed by atoms with Crippen LogP contribution in [0.15, 0.2) is 30.3 Å². The zero-order chi connectivity index (χ0) is 14.8. The first-order valence-corrected chi connectivity index (χ1v) is 8.03. The molecule has 1 fully saturated rings. The van der Waals surface area contributed by atoms with Gasteiger partial charge in [-0.3, -0.25) is 4.90 Å². The Bertz CT molecular complexity index is 632. The topological polar surface area (TPSA) is 35.5 Å². The molecule has 3 nitrogen and oxygen atoms in total. The van der Waals surface area contributed by atoms with E-state index in [1.54, 1.807) is 12.1 Å². The van der Waals surface area contributed by atoms with E-state index in [0.29, 0.717) is 9.90 Å². The molecule has 0 unspecified atom stereocenters. The average Bonchev–Trinajstić information content (AvgIpc) is 2.91. The van der Waals surface area contributed by atoms with Gasteiger partial charge in [0.05, 0.1) is 10.4 Å². The normalized spacial score (nSPS) is 17.0. The minimum Gasteiger partial charge on any atom is -0.505 e. The summed E-state index contributed by atoms with van der Waals surface area (Å²) in [6.07, 6.45) is 0. The number of halogens is 3. The second-order valence-corrected chi connectivity index (χ2v) is 6.75. The number of phenolic OH excluding ortho intramolecular Hbond substituents is 1. The van der Waals surface area contributed by atoms with Crippen LogP contribution >= 0.6 is 35.3 Å². The minimum absolute atomic E-state index is 0. The van der Waals surface area contributed by atoms with Gasteiger partial charge in [-0.25, -0.2) is 4.39 Å². The monoisotopic (exact) mass is 362 g/mol. The maximum atomic E-state index is 13.7. The largest absolute Gasteiger partial charge is 0.505 e. The van der Waals surface area contributed by atoms with Gasteiger partial charge in [-0.15, -0.1) is 23.7 Å². The first-order valence-electron chi connectivity index (χ1n) is 6.84. The molecule has 1 aliphatic heterocycles. The number of para-hydroxylation sites is 1. The van der Waals surface area contributed by atoms with Crippen LogP contribution in [0.3, 0.4) is 0 Å². The molecule has 1 aliphatic rings. The molecule has 0 amide bonds. The van der Waals surface area contributed by atoms with Gasteiger partial charge in [0, 0.05) is 36.6 Å². The molecule has 0 saturated carbocycles. The summed E-state index contributed by atoms with van der Waals surface area (Å²) < 4.78 is 14.4. The second kappa shape index (κ2) is 7.62. The summed E-state index contributed by atoms with van der Waals surface area (Å²) in [6, 6.07) is 8.31. The maximum Gasteiger partial charge on any atom is 0.165 e. The van der Waals surface area contributed by atoms with Crippen LogP contribution in [0.25, 0.3) is 0 Å². The Balaban J connectivity index is 0.00000176. The van der Waals surface area contributed by atoms with Crippen molar-refractivity contribution in [3.63, 3.8) is 0 Å². The lowest BCUT2D eigenvalue weighted by atomic mass is 10.0. The van der Waals surface area contributed by atoms with E-state index in [4.69, 9.17) is 11.6 Å². The molecule has 0 radical (unpaired) electrons. The van der Waals surface area contributed by atoms with E-state index in [2.05, 4.69) is 10.2 Å². The lowest BCUT2D eigenvalue weighted by Gasteiger charge is -2.35. The van der Waals surface area contributed by atoms with Gasteiger partial charge in [-0.05, 0) is 18.2 Å². The summed E-state index contributed by atoms with van der Waals surface area (Å²) in [5, 5.41) is 13.4. The smallest absolute Gasteiger partial charge is 0.165 e. The molecule has 120 valence electrons. The highest BCUT2D eigenvalue weighted by molar-refractivity contribution is 7.16. The van der Waals surface area contributed by atoms with Crippen molar-refractivity contribution in [2.45, 2.75) is 6.04 Å². The van der Waals surface area contributed by atoms with Gasteiger partial charge in [0.25, 0.3) is 0 Å². The third-order valence-electron chi connectivity index (χ3n) is 3.69. The van der Waals surface area contributed by atoms with Gasteiger partial charge < -0.3 is 10.4 Å². The Morgan fingerprint density at radius 2 is 1.95 bits per heavy atom. The number of phenols is 1. The fraction of sp³-hybridized carbons (Fsp3) is 0.333. The summed E-state index contributed by atoms with van der Waals surface area (Å²) in [6.45, 7) is 3.45. The Morgan fingerprint density at radius 3 is 2.59 bits per heavy atom. The number of benzene rings is 1. The van der Waals surface area contributed by atoms with Gasteiger partial charge in [-0.2, -0.15) is 0 Å². The van der Waals surface area contributed by atoms with Crippen LogP contribution in [0.5, 0.6) is 5.75 Å². The molecule has 1 atom stereocenters. The average molecular weight is 363 g/mol. The van der Waals surface area contributed by atoms with Crippen molar-refractivity contribution < 1.29 is 9.50 Å². The number of piperazine rings is 1. The predicted octanol–water partition coefficient (Wildman–Crippen LogP) is 3.66. The number of rotatable bonds is 3. The maximum absolute atomic E-state index is 13.7. The molecule has 1 aromatic heterocycles. The highest BCUT2D eigenvalue weighted by Crippen LogP contribution is 2.39. The van der Waals surface area contributed by atoms with Crippen LogP contribution in [-0.2, 0) is 0 Å². The molecule has 0 spiro atoms. The molecule has 2 heterocycles. The van der Waals surface area contributed by atoms with E-state index in [0.717, 1.165) is 31.1 Å². The number of nitrogens with one attached hydrogen (secondary N) is 1. The molecule has 2 aromatic rings. The van der Waals surface area contributed by atoms with E-state index in [1.165, 1.54) is 17.4 Å². The standard InChI is InChI=1S/C15H16ClFN2OS.ClH/c16-13-5-4-12(21-13)14(19-8-6-18-7-9-19)10-2-1-3-11(17)15(10)20;/h1-5,14,18,20H,6-9H2;1H/t14-;/m1./s1. The summed E-state index contributed by atoms with van der Waals surface area (Å²) in [5.74, 6) is -0.860. The molecule has 1 aromatic carbocycles. The van der Waals surface area contributed by atoms with Crippen LogP contribution in [0, 0.1) is 5.82 Å². The van der Waals surface area contributed by atoms with Gasteiger partial charge in [0.15, 0.2) is 11.6 Å². The van der Waals surface area contributed by atoms with Crippen molar-refractivity contribution >= 4 is 35.3 Å². The molecule has 1 saturated heterocycles. The molecule has 3 rings (SSSR count). The van der Waals surface area contributed by atoms with Crippen LogP contribution in [-0.4, -0.2) is 36.2 Å². The molecule has 0 bridgehead atoms. The predicted molar refractivity (Wildman–Crippen MR) is 90.9 cm³/mol. The highest BCUT2D eigenvalue weighted by Gasteiger charge is 2.28. The number of aromatic hydroxyl groups is 1. The zero-order valence-corrected chi connectivity index (χ0v) is 14.1.